The summed E-state index contributed by atoms with van der Waals surface area (Å²) in [5.74, 6) is 2.36. The fourth-order valence-corrected chi connectivity index (χ4v) is 10.3. The normalized spacial score (nSPS) is 18.4. The van der Waals surface area contributed by atoms with Crippen LogP contribution >= 0.6 is 11.6 Å². The first-order chi connectivity index (χ1) is 34.0. The predicted molar refractivity (Wildman–Crippen MR) is 274 cm³/mol. The maximum absolute atomic E-state index is 12.9. The molecule has 0 radical (unpaired) electrons. The lowest BCUT2D eigenvalue weighted by Crippen LogP contribution is -2.46. The Hall–Kier alpha value is -6.12. The van der Waals surface area contributed by atoms with E-state index >= 15 is 0 Å². The van der Waals surface area contributed by atoms with Crippen LogP contribution in [0.1, 0.15) is 73.9 Å². The molecule has 4 aliphatic heterocycles. The number of likely N-dealkylation sites (N-methyl/N-ethyl adjacent to an activating group) is 2. The van der Waals surface area contributed by atoms with Crippen molar-refractivity contribution in [2.45, 2.75) is 36.6 Å². The highest BCUT2D eigenvalue weighted by Crippen LogP contribution is 2.55. The van der Waals surface area contributed by atoms with Crippen LogP contribution in [-0.2, 0) is 16.8 Å². The van der Waals surface area contributed by atoms with E-state index in [1.807, 2.05) is 87.9 Å². The third-order valence-electron chi connectivity index (χ3n) is 13.7. The van der Waals surface area contributed by atoms with Gasteiger partial charge in [-0.3, -0.25) is 9.80 Å². The monoisotopic (exact) mass is 968 g/mol. The zero-order valence-electron chi connectivity index (χ0n) is 41.3. The zero-order chi connectivity index (χ0) is 49.4. The van der Waals surface area contributed by atoms with E-state index in [0.29, 0.717) is 51.8 Å². The van der Waals surface area contributed by atoms with E-state index < -0.39 is 17.7 Å². The second kappa shape index (κ2) is 22.7. The van der Waals surface area contributed by atoms with Gasteiger partial charge >= 0.3 is 5.97 Å². The fourth-order valence-electron chi connectivity index (χ4n) is 10.0. The summed E-state index contributed by atoms with van der Waals surface area (Å²) in [6.07, 6.45) is 0.897. The van der Waals surface area contributed by atoms with E-state index in [-0.39, 0.29) is 12.8 Å². The Morgan fingerprint density at radius 3 is 1.97 bits per heavy atom. The third-order valence-corrected chi connectivity index (χ3v) is 14.0. The van der Waals surface area contributed by atoms with E-state index in [9.17, 15) is 9.90 Å². The standard InChI is InChI=1S/C22H23NO7.C18H22N2.C17H20ClNO/c1-23-8-7-11-9-14-20(29-10-28-14)21(27-4)15(11)17(23)18-12-5-6-13(25-2)19(26-3)16(12)22(24)30-18;1-19-12-14-20(15-13-19)18(16-8-4-2-5-9-16)17-10-6-3-7-11-17;1-19(2)13-12-17(20,14-8-4-3-5-9-14)15-10-6-7-11-16(15)18/h5-6,9,17-18H,7-8,10H2,1-4H3;2-11,18H,12-15H2,1H3;3-11,20H,12-13H2,1-2H3/t17-,18+;;/m1../s1. The van der Waals surface area contributed by atoms with Crippen molar-refractivity contribution in [3.8, 4) is 28.7 Å². The number of cyclic esters (lactones) is 1. The van der Waals surface area contributed by atoms with Crippen LogP contribution in [0.5, 0.6) is 28.7 Å². The number of benzene rings is 6. The lowest BCUT2D eigenvalue weighted by atomic mass is 9.83. The van der Waals surface area contributed by atoms with Crippen molar-refractivity contribution in [1.82, 2.24) is 19.6 Å². The van der Waals surface area contributed by atoms with Crippen LogP contribution in [0.15, 0.2) is 133 Å². The molecule has 13 heteroatoms. The predicted octanol–water partition coefficient (Wildman–Crippen LogP) is 9.43. The Balaban J connectivity index is 0.000000146. The van der Waals surface area contributed by atoms with Gasteiger partial charge in [-0.15, -0.1) is 0 Å². The molecule has 3 atom stereocenters. The summed E-state index contributed by atoms with van der Waals surface area (Å²) in [5.41, 5.74) is 6.57. The number of rotatable bonds is 12. The van der Waals surface area contributed by atoms with Crippen LogP contribution in [0, 0.1) is 0 Å². The molecule has 1 unspecified atom stereocenters. The minimum absolute atomic E-state index is 0.160. The van der Waals surface area contributed by atoms with Crippen molar-refractivity contribution in [1.29, 1.82) is 0 Å². The summed E-state index contributed by atoms with van der Waals surface area (Å²) < 4.78 is 33.8. The molecule has 12 nitrogen and oxygen atoms in total. The maximum Gasteiger partial charge on any atom is 0.343 e. The number of ether oxygens (including phenoxy) is 6. The number of hydrogen-bond donors (Lipinski definition) is 1. The van der Waals surface area contributed by atoms with E-state index in [1.165, 1.54) is 18.2 Å². The number of fused-ring (bicyclic) bond motifs is 3. The first-order valence-electron chi connectivity index (χ1n) is 23.8. The molecule has 6 aromatic rings. The molecule has 1 saturated heterocycles. The minimum Gasteiger partial charge on any atom is -0.493 e. The average molecular weight is 970 g/mol. The summed E-state index contributed by atoms with van der Waals surface area (Å²) in [5, 5.41) is 11.9. The van der Waals surface area contributed by atoms with Crippen LogP contribution in [0.3, 0.4) is 0 Å². The molecule has 10 rings (SSSR count). The molecule has 1 fully saturated rings. The number of aliphatic hydroxyl groups is 1. The highest BCUT2D eigenvalue weighted by atomic mass is 35.5. The zero-order valence-corrected chi connectivity index (χ0v) is 42.0. The van der Waals surface area contributed by atoms with Crippen LogP contribution in [0.4, 0.5) is 0 Å². The van der Waals surface area contributed by atoms with Gasteiger partial charge in [-0.1, -0.05) is 127 Å². The molecule has 0 aliphatic carbocycles. The quantitative estimate of drug-likeness (QED) is 0.118. The lowest BCUT2D eigenvalue weighted by Gasteiger charge is -2.38. The number of carbonyl (C=O) groups is 1. The highest BCUT2D eigenvalue weighted by Gasteiger charge is 2.46. The molecule has 70 heavy (non-hydrogen) atoms. The Bertz CT molecular complexity index is 2650. The van der Waals surface area contributed by atoms with E-state index in [4.69, 9.17) is 40.0 Å². The fraction of sp³-hybridized carbons (Fsp3) is 0.351. The molecule has 368 valence electrons. The SMILES string of the molecule is CN(C)CCC(O)(c1ccccc1)c1ccccc1Cl.CN1CCN(C(c2ccccc2)c2ccccc2)CC1.COc1ccc2c(c1OC)C(=O)O[C@@H]2[C@H]1c2c(cc3c(c2OC)OCO3)CCN1C. The first kappa shape index (κ1) is 50.3. The molecular formula is C57H65ClN4O8. The van der Waals surface area contributed by atoms with Gasteiger partial charge in [0.25, 0.3) is 0 Å². The van der Waals surface area contributed by atoms with E-state index in [1.54, 1.807) is 20.3 Å². The van der Waals surface area contributed by atoms with Crippen LogP contribution in [0.2, 0.25) is 5.02 Å². The van der Waals surface area contributed by atoms with Gasteiger partial charge in [-0.05, 0) is 81.5 Å². The van der Waals surface area contributed by atoms with Crippen molar-refractivity contribution < 1.29 is 38.3 Å². The van der Waals surface area contributed by atoms with Gasteiger partial charge in [-0.2, -0.15) is 0 Å². The molecule has 6 aromatic carbocycles. The first-order valence-corrected chi connectivity index (χ1v) is 24.2. The Kier molecular flexibility index (Phi) is 16.3. The van der Waals surface area contributed by atoms with Crippen LogP contribution in [-0.4, -0.2) is 126 Å². The Labute approximate surface area is 417 Å². The smallest absolute Gasteiger partial charge is 0.343 e. The molecule has 0 bridgehead atoms. The van der Waals surface area contributed by atoms with Crippen molar-refractivity contribution in [3.63, 3.8) is 0 Å². The largest absolute Gasteiger partial charge is 0.493 e. The summed E-state index contributed by atoms with van der Waals surface area (Å²) in [6.45, 7) is 6.29. The molecule has 1 N–H and O–H groups in total. The number of nitrogens with zero attached hydrogens (tertiary/aromatic N) is 4. The molecule has 0 spiro atoms. The van der Waals surface area contributed by atoms with Crippen molar-refractivity contribution in [3.05, 3.63) is 183 Å². The number of methoxy groups -OCH3 is 3. The van der Waals surface area contributed by atoms with Crippen molar-refractivity contribution in [2.24, 2.45) is 0 Å². The molecule has 4 heterocycles. The summed E-state index contributed by atoms with van der Waals surface area (Å²) in [7, 11) is 12.9. The van der Waals surface area contributed by atoms with Gasteiger partial charge in [0.2, 0.25) is 12.5 Å². The van der Waals surface area contributed by atoms with Gasteiger partial charge < -0.3 is 43.3 Å². The number of halogens is 1. The van der Waals surface area contributed by atoms with Gasteiger partial charge in [-0.25, -0.2) is 4.79 Å². The van der Waals surface area contributed by atoms with Gasteiger partial charge in [0.1, 0.15) is 17.3 Å². The van der Waals surface area contributed by atoms with Crippen LogP contribution < -0.4 is 23.7 Å². The number of piperazine rings is 1. The van der Waals surface area contributed by atoms with Crippen molar-refractivity contribution >= 4 is 17.6 Å². The summed E-state index contributed by atoms with van der Waals surface area (Å²) >= 11 is 6.30. The third kappa shape index (κ3) is 10.6. The molecule has 0 saturated carbocycles. The van der Waals surface area contributed by atoms with Crippen molar-refractivity contribution in [2.75, 3.05) is 95.6 Å². The summed E-state index contributed by atoms with van der Waals surface area (Å²) in [6, 6.07) is 44.7. The second-order valence-corrected chi connectivity index (χ2v) is 18.7. The molecular weight excluding hydrogens is 904 g/mol. The second-order valence-electron chi connectivity index (χ2n) is 18.3. The topological polar surface area (TPSA) is 106 Å². The summed E-state index contributed by atoms with van der Waals surface area (Å²) in [4.78, 5) is 22.1. The van der Waals surface area contributed by atoms with E-state index in [0.717, 1.165) is 73.5 Å². The maximum atomic E-state index is 12.9. The Morgan fingerprint density at radius 2 is 1.37 bits per heavy atom. The minimum atomic E-state index is -1.07. The molecule has 0 aromatic heterocycles. The van der Waals surface area contributed by atoms with Gasteiger partial charge in [0.15, 0.2) is 23.0 Å². The average Bonchev–Trinajstić information content (AvgIpc) is 4.00. The van der Waals surface area contributed by atoms with Gasteiger partial charge in [0.05, 0.1) is 33.4 Å². The number of carbonyl (C=O) groups excluding carboxylic acids is 1. The Morgan fingerprint density at radius 1 is 0.757 bits per heavy atom. The molecule has 4 aliphatic rings. The molecule has 0 amide bonds. The number of esters is 1. The van der Waals surface area contributed by atoms with Gasteiger partial charge in [0, 0.05) is 61.0 Å². The van der Waals surface area contributed by atoms with E-state index in [2.05, 4.69) is 87.3 Å². The van der Waals surface area contributed by atoms with Crippen LogP contribution in [0.25, 0.3) is 0 Å². The number of hydrogen-bond acceptors (Lipinski definition) is 12. The lowest BCUT2D eigenvalue weighted by molar-refractivity contribution is 0.00873. The highest BCUT2D eigenvalue weighted by molar-refractivity contribution is 6.31.